The van der Waals surface area contributed by atoms with Gasteiger partial charge in [0.05, 0.1) is 6.10 Å². The van der Waals surface area contributed by atoms with Crippen molar-refractivity contribution in [2.24, 2.45) is 0 Å². The minimum Gasteiger partial charge on any atom is -0.480 e. The maximum absolute atomic E-state index is 12.6. The monoisotopic (exact) mass is 285 g/mol. The summed E-state index contributed by atoms with van der Waals surface area (Å²) in [4.78, 5) is 28.9. The second-order valence-electron chi connectivity index (χ2n) is 5.93. The first-order chi connectivity index (χ1) is 9.40. The fourth-order valence-electron chi connectivity index (χ4n) is 3.12. The molecule has 2 saturated heterocycles. The van der Waals surface area contributed by atoms with Crippen LogP contribution in [0.4, 0.5) is 4.79 Å². The van der Waals surface area contributed by atoms with Crippen molar-refractivity contribution in [2.75, 3.05) is 33.7 Å². The maximum Gasteiger partial charge on any atom is 0.326 e. The Kier molecular flexibility index (Phi) is 4.49. The van der Waals surface area contributed by atoms with E-state index in [-0.39, 0.29) is 25.0 Å². The van der Waals surface area contributed by atoms with Gasteiger partial charge in [0.15, 0.2) is 0 Å². The van der Waals surface area contributed by atoms with Gasteiger partial charge in [-0.25, -0.2) is 9.59 Å². The van der Waals surface area contributed by atoms with Gasteiger partial charge in [0.1, 0.15) is 6.04 Å². The molecule has 2 amide bonds. The summed E-state index contributed by atoms with van der Waals surface area (Å²) in [5.74, 6) is -1.04. The van der Waals surface area contributed by atoms with E-state index in [1.807, 2.05) is 19.0 Å². The summed E-state index contributed by atoms with van der Waals surface area (Å²) < 4.78 is 0. The molecular formula is C13H23N3O4. The van der Waals surface area contributed by atoms with Crippen LogP contribution in [-0.2, 0) is 4.79 Å². The molecule has 0 bridgehead atoms. The number of amides is 2. The van der Waals surface area contributed by atoms with Gasteiger partial charge >= 0.3 is 12.0 Å². The molecule has 7 nitrogen and oxygen atoms in total. The largest absolute Gasteiger partial charge is 0.480 e. The predicted molar refractivity (Wildman–Crippen MR) is 72.4 cm³/mol. The molecule has 0 spiro atoms. The highest BCUT2D eigenvalue weighted by Gasteiger charge is 2.42. The number of hydrogen-bond acceptors (Lipinski definition) is 4. The molecule has 2 rings (SSSR count). The summed E-state index contributed by atoms with van der Waals surface area (Å²) in [6.07, 6.45) is 1.26. The molecule has 0 aromatic carbocycles. The third-order valence-electron chi connectivity index (χ3n) is 4.01. The second-order valence-corrected chi connectivity index (χ2v) is 5.93. The van der Waals surface area contributed by atoms with E-state index in [4.69, 9.17) is 0 Å². The van der Waals surface area contributed by atoms with E-state index >= 15 is 0 Å². The summed E-state index contributed by atoms with van der Waals surface area (Å²) in [6.45, 7) is 1.55. The molecule has 3 atom stereocenters. The lowest BCUT2D eigenvalue weighted by Crippen LogP contribution is -2.51. The van der Waals surface area contributed by atoms with Crippen molar-refractivity contribution in [3.8, 4) is 0 Å². The Morgan fingerprint density at radius 1 is 1.30 bits per heavy atom. The van der Waals surface area contributed by atoms with Crippen LogP contribution >= 0.6 is 0 Å². The third-order valence-corrected chi connectivity index (χ3v) is 4.01. The van der Waals surface area contributed by atoms with E-state index in [2.05, 4.69) is 0 Å². The Morgan fingerprint density at radius 3 is 2.60 bits per heavy atom. The zero-order valence-electron chi connectivity index (χ0n) is 12.0. The molecule has 0 aliphatic carbocycles. The fraction of sp³-hybridized carbons (Fsp3) is 0.846. The maximum atomic E-state index is 12.6. The number of aliphatic hydroxyl groups is 1. The zero-order chi connectivity index (χ0) is 14.9. The normalized spacial score (nSPS) is 30.3. The highest BCUT2D eigenvalue weighted by molar-refractivity contribution is 5.83. The smallest absolute Gasteiger partial charge is 0.326 e. The van der Waals surface area contributed by atoms with Crippen molar-refractivity contribution < 1.29 is 19.8 Å². The molecule has 7 heteroatoms. The lowest BCUT2D eigenvalue weighted by atomic mass is 10.2. The number of β-amino-alcohol motifs (C(OH)–C–C–N with tert-alkyl or cyclic N) is 1. The van der Waals surface area contributed by atoms with Gasteiger partial charge in [0, 0.05) is 32.1 Å². The molecule has 114 valence electrons. The highest BCUT2D eigenvalue weighted by Crippen LogP contribution is 2.25. The predicted octanol–water partition coefficient (Wildman–Crippen LogP) is -0.348. The number of urea groups is 1. The molecule has 20 heavy (non-hydrogen) atoms. The number of aliphatic carboxylic acids is 1. The van der Waals surface area contributed by atoms with Gasteiger partial charge in [-0.05, 0) is 26.9 Å². The molecule has 2 aliphatic rings. The molecule has 0 aromatic heterocycles. The Hall–Kier alpha value is -1.34. The van der Waals surface area contributed by atoms with Crippen molar-refractivity contribution in [2.45, 2.75) is 37.5 Å². The SMILES string of the molecule is CN(C)CC1CCCN1C(=O)N1C[C@@H](O)C[C@H]1C(=O)O. The van der Waals surface area contributed by atoms with Crippen molar-refractivity contribution in [1.82, 2.24) is 14.7 Å². The molecular weight excluding hydrogens is 262 g/mol. The van der Waals surface area contributed by atoms with Gasteiger partial charge in [0.25, 0.3) is 0 Å². The minimum atomic E-state index is -1.04. The van der Waals surface area contributed by atoms with Crippen LogP contribution in [0, 0.1) is 0 Å². The first-order valence-corrected chi connectivity index (χ1v) is 7.03. The van der Waals surface area contributed by atoms with Crippen LogP contribution in [0.5, 0.6) is 0 Å². The quantitative estimate of drug-likeness (QED) is 0.740. The second kappa shape index (κ2) is 5.97. The average molecular weight is 285 g/mol. The number of carbonyl (C=O) groups excluding carboxylic acids is 1. The summed E-state index contributed by atoms with van der Waals surface area (Å²) in [7, 11) is 3.92. The molecule has 2 heterocycles. The number of carbonyl (C=O) groups is 2. The molecule has 2 N–H and O–H groups in total. The molecule has 0 saturated carbocycles. The van der Waals surface area contributed by atoms with Gasteiger partial charge in [-0.2, -0.15) is 0 Å². The van der Waals surface area contributed by atoms with Crippen LogP contribution in [0.3, 0.4) is 0 Å². The van der Waals surface area contributed by atoms with Crippen LogP contribution in [0.15, 0.2) is 0 Å². The molecule has 1 unspecified atom stereocenters. The van der Waals surface area contributed by atoms with E-state index in [1.165, 1.54) is 4.90 Å². The number of likely N-dealkylation sites (tertiary alicyclic amines) is 2. The van der Waals surface area contributed by atoms with Crippen LogP contribution in [0.1, 0.15) is 19.3 Å². The summed E-state index contributed by atoms with van der Waals surface area (Å²) >= 11 is 0. The number of hydrogen-bond donors (Lipinski definition) is 2. The van der Waals surface area contributed by atoms with E-state index in [9.17, 15) is 19.8 Å². The molecule has 0 radical (unpaired) electrons. The van der Waals surface area contributed by atoms with Crippen molar-refractivity contribution in [3.63, 3.8) is 0 Å². The minimum absolute atomic E-state index is 0.112. The number of likely N-dealkylation sites (N-methyl/N-ethyl adjacent to an activating group) is 1. The van der Waals surface area contributed by atoms with Gasteiger partial charge < -0.3 is 24.9 Å². The zero-order valence-corrected chi connectivity index (χ0v) is 12.0. The number of rotatable bonds is 3. The third kappa shape index (κ3) is 3.04. The van der Waals surface area contributed by atoms with Gasteiger partial charge in [-0.1, -0.05) is 0 Å². The Morgan fingerprint density at radius 2 is 2.00 bits per heavy atom. The van der Waals surface area contributed by atoms with E-state index in [1.54, 1.807) is 4.90 Å². The molecule has 2 fully saturated rings. The number of carboxylic acids is 1. The Labute approximate surface area is 118 Å². The highest BCUT2D eigenvalue weighted by atomic mass is 16.4. The van der Waals surface area contributed by atoms with Crippen LogP contribution < -0.4 is 0 Å². The van der Waals surface area contributed by atoms with Gasteiger partial charge in [-0.3, -0.25) is 0 Å². The Bertz CT molecular complexity index is 388. The lowest BCUT2D eigenvalue weighted by Gasteiger charge is -2.32. The summed E-state index contributed by atoms with van der Waals surface area (Å²) in [5, 5.41) is 18.8. The summed E-state index contributed by atoms with van der Waals surface area (Å²) in [6, 6.07) is -1.03. The Balaban J connectivity index is 2.07. The standard InChI is InChI=1S/C13H23N3O4/c1-14(2)7-9-4-3-5-15(9)13(20)16-8-10(17)6-11(16)12(18)19/h9-11,17H,3-8H2,1-2H3,(H,18,19)/t9?,10-,11-/m0/s1. The van der Waals surface area contributed by atoms with Crippen molar-refractivity contribution >= 4 is 12.0 Å². The van der Waals surface area contributed by atoms with E-state index < -0.39 is 18.1 Å². The number of nitrogens with zero attached hydrogens (tertiary/aromatic N) is 3. The van der Waals surface area contributed by atoms with Crippen LogP contribution in [-0.4, -0.2) is 88.8 Å². The average Bonchev–Trinajstić information content (AvgIpc) is 2.94. The topological polar surface area (TPSA) is 84.3 Å². The lowest BCUT2D eigenvalue weighted by molar-refractivity contribution is -0.141. The number of carboxylic acid groups (broad SMARTS) is 1. The fourth-order valence-corrected chi connectivity index (χ4v) is 3.12. The van der Waals surface area contributed by atoms with Gasteiger partial charge in [-0.15, -0.1) is 0 Å². The van der Waals surface area contributed by atoms with E-state index in [0.29, 0.717) is 6.54 Å². The molecule has 2 aliphatic heterocycles. The van der Waals surface area contributed by atoms with Crippen molar-refractivity contribution in [1.29, 1.82) is 0 Å². The first-order valence-electron chi connectivity index (χ1n) is 7.03. The molecule has 0 aromatic rings. The van der Waals surface area contributed by atoms with Crippen molar-refractivity contribution in [3.05, 3.63) is 0 Å². The van der Waals surface area contributed by atoms with Crippen LogP contribution in [0.2, 0.25) is 0 Å². The first kappa shape index (κ1) is 15.1. The summed E-state index contributed by atoms with van der Waals surface area (Å²) in [5.41, 5.74) is 0. The van der Waals surface area contributed by atoms with Crippen LogP contribution in [0.25, 0.3) is 0 Å². The van der Waals surface area contributed by atoms with E-state index in [0.717, 1.165) is 19.4 Å². The number of aliphatic hydroxyl groups excluding tert-OH is 1. The van der Waals surface area contributed by atoms with Gasteiger partial charge in [0.2, 0.25) is 0 Å².